The molecule has 2 atom stereocenters. The van der Waals surface area contributed by atoms with Crippen molar-refractivity contribution in [1.29, 1.82) is 0 Å². The van der Waals surface area contributed by atoms with Gasteiger partial charge in [0.1, 0.15) is 11.2 Å². The molecule has 0 aliphatic carbocycles. The molecule has 0 N–H and O–H groups in total. The number of hydrogen-bond donors (Lipinski definition) is 0. The van der Waals surface area contributed by atoms with Crippen LogP contribution in [-0.4, -0.2) is 17.8 Å². The number of halogens is 2. The fraction of sp³-hybridized carbons (Fsp3) is 0.125. The first-order chi connectivity index (χ1) is 14.9. The van der Waals surface area contributed by atoms with E-state index in [9.17, 15) is 14.4 Å². The number of carbonyl (C=O) groups is 3. The average Bonchev–Trinajstić information content (AvgIpc) is 3.21. The van der Waals surface area contributed by atoms with Crippen molar-refractivity contribution in [3.63, 3.8) is 0 Å². The molecule has 154 valence electrons. The smallest absolute Gasteiger partial charge is 0.327 e. The molecule has 3 aromatic carbocycles. The van der Waals surface area contributed by atoms with E-state index in [2.05, 4.69) is 0 Å². The summed E-state index contributed by atoms with van der Waals surface area (Å²) in [5.74, 6) is -2.15. The number of fused-ring (bicyclic) bond motifs is 1. The largest absolute Gasteiger partial charge is 0.425 e. The van der Waals surface area contributed by atoms with Crippen LogP contribution < -0.4 is 9.64 Å². The van der Waals surface area contributed by atoms with Gasteiger partial charge in [0.25, 0.3) is 0 Å². The molecule has 2 aliphatic rings. The Morgan fingerprint density at radius 3 is 2.35 bits per heavy atom. The summed E-state index contributed by atoms with van der Waals surface area (Å²) in [4.78, 5) is 41.2. The number of benzene rings is 3. The molecule has 7 heteroatoms. The second-order valence-corrected chi connectivity index (χ2v) is 8.38. The Balaban J connectivity index is 1.72. The second-order valence-electron chi connectivity index (χ2n) is 7.51. The lowest BCUT2D eigenvalue weighted by molar-refractivity contribution is -0.141. The summed E-state index contributed by atoms with van der Waals surface area (Å²) in [6.07, 6.45) is -0.151. The Bertz CT molecular complexity index is 1240. The van der Waals surface area contributed by atoms with E-state index < -0.39 is 29.1 Å². The zero-order valence-electron chi connectivity index (χ0n) is 16.0. The van der Waals surface area contributed by atoms with Gasteiger partial charge in [-0.15, -0.1) is 0 Å². The maximum atomic E-state index is 13.7. The number of rotatable bonds is 3. The Hall–Kier alpha value is -3.15. The molecule has 5 rings (SSSR count). The molecule has 0 bridgehead atoms. The van der Waals surface area contributed by atoms with E-state index >= 15 is 0 Å². The number of hydrogen-bond acceptors (Lipinski definition) is 4. The van der Waals surface area contributed by atoms with Gasteiger partial charge in [0.2, 0.25) is 11.8 Å². The zero-order chi connectivity index (χ0) is 21.8. The molecule has 2 heterocycles. The highest BCUT2D eigenvalue weighted by atomic mass is 35.5. The Labute approximate surface area is 188 Å². The quantitative estimate of drug-likeness (QED) is 0.326. The lowest BCUT2D eigenvalue weighted by Gasteiger charge is -2.31. The first kappa shape index (κ1) is 19.8. The topological polar surface area (TPSA) is 63.7 Å². The molecule has 31 heavy (non-hydrogen) atoms. The van der Waals surface area contributed by atoms with Crippen LogP contribution in [-0.2, 0) is 19.8 Å². The van der Waals surface area contributed by atoms with Crippen molar-refractivity contribution in [2.24, 2.45) is 5.92 Å². The van der Waals surface area contributed by atoms with Crippen molar-refractivity contribution in [1.82, 2.24) is 0 Å². The normalized spacial score (nSPS) is 22.6. The molecular weight excluding hydrogens is 437 g/mol. The summed E-state index contributed by atoms with van der Waals surface area (Å²) in [6.45, 7) is 0. The van der Waals surface area contributed by atoms with Crippen LogP contribution in [0.25, 0.3) is 0 Å². The number of esters is 1. The predicted molar refractivity (Wildman–Crippen MR) is 116 cm³/mol. The van der Waals surface area contributed by atoms with E-state index in [1.54, 1.807) is 66.7 Å². The van der Waals surface area contributed by atoms with E-state index in [4.69, 9.17) is 27.9 Å². The maximum absolute atomic E-state index is 13.7. The highest BCUT2D eigenvalue weighted by Crippen LogP contribution is 2.53. The van der Waals surface area contributed by atoms with Gasteiger partial charge in [-0.05, 0) is 42.0 Å². The minimum Gasteiger partial charge on any atom is -0.425 e. The van der Waals surface area contributed by atoms with Gasteiger partial charge in [-0.2, -0.15) is 0 Å². The zero-order valence-corrected chi connectivity index (χ0v) is 17.6. The Morgan fingerprint density at radius 2 is 1.61 bits per heavy atom. The molecule has 5 nitrogen and oxygen atoms in total. The van der Waals surface area contributed by atoms with Gasteiger partial charge in [-0.1, -0.05) is 59.6 Å². The van der Waals surface area contributed by atoms with Crippen molar-refractivity contribution in [2.75, 3.05) is 4.90 Å². The summed E-state index contributed by atoms with van der Waals surface area (Å²) < 4.78 is 5.59. The number of carbonyl (C=O) groups excluding carboxylic acids is 3. The summed E-state index contributed by atoms with van der Waals surface area (Å²) in [7, 11) is 0. The fourth-order valence-corrected chi connectivity index (χ4v) is 4.91. The third-order valence-corrected chi connectivity index (χ3v) is 6.33. The molecule has 3 aromatic rings. The van der Waals surface area contributed by atoms with Crippen LogP contribution in [0.3, 0.4) is 0 Å². The Morgan fingerprint density at radius 1 is 0.871 bits per heavy atom. The molecule has 0 aromatic heterocycles. The van der Waals surface area contributed by atoms with Crippen LogP contribution in [0.1, 0.15) is 17.5 Å². The minimum absolute atomic E-state index is 0.151. The van der Waals surface area contributed by atoms with Gasteiger partial charge in [0.05, 0.1) is 11.6 Å². The molecule has 1 saturated heterocycles. The van der Waals surface area contributed by atoms with E-state index in [-0.39, 0.29) is 6.42 Å². The highest BCUT2D eigenvalue weighted by molar-refractivity contribution is 6.32. The van der Waals surface area contributed by atoms with Crippen molar-refractivity contribution in [3.05, 3.63) is 94.0 Å². The number of ether oxygens (including phenoxy) is 1. The molecule has 0 unspecified atom stereocenters. The van der Waals surface area contributed by atoms with Crippen molar-refractivity contribution < 1.29 is 19.1 Å². The van der Waals surface area contributed by atoms with Crippen LogP contribution in [0.2, 0.25) is 10.0 Å². The fourth-order valence-electron chi connectivity index (χ4n) is 4.55. The minimum atomic E-state index is -1.48. The summed E-state index contributed by atoms with van der Waals surface area (Å²) in [5.41, 5.74) is -0.0667. The summed E-state index contributed by atoms with van der Waals surface area (Å²) in [6, 6.07) is 20.3. The number of nitrogens with zero attached hydrogens (tertiary/aromatic N) is 1. The summed E-state index contributed by atoms with van der Waals surface area (Å²) in [5, 5.41) is 0.803. The van der Waals surface area contributed by atoms with Gasteiger partial charge in [-0.3, -0.25) is 19.3 Å². The molecule has 0 saturated carbocycles. The van der Waals surface area contributed by atoms with E-state index in [1.165, 1.54) is 0 Å². The van der Waals surface area contributed by atoms with E-state index in [0.29, 0.717) is 32.6 Å². The molecule has 2 aliphatic heterocycles. The van der Waals surface area contributed by atoms with Crippen LogP contribution in [0.4, 0.5) is 5.69 Å². The maximum Gasteiger partial charge on any atom is 0.327 e. The third-order valence-electron chi connectivity index (χ3n) is 5.86. The second kappa shape index (κ2) is 7.22. The number of anilines is 1. The van der Waals surface area contributed by atoms with E-state index in [0.717, 1.165) is 4.90 Å². The van der Waals surface area contributed by atoms with Crippen LogP contribution in [0.5, 0.6) is 5.75 Å². The number of imide groups is 1. The van der Waals surface area contributed by atoms with Crippen molar-refractivity contribution in [2.45, 2.75) is 11.8 Å². The van der Waals surface area contributed by atoms with Gasteiger partial charge < -0.3 is 4.74 Å². The van der Waals surface area contributed by atoms with Gasteiger partial charge in [-0.25, -0.2) is 0 Å². The first-order valence-corrected chi connectivity index (χ1v) is 10.4. The predicted octanol–water partition coefficient (Wildman–Crippen LogP) is 4.78. The van der Waals surface area contributed by atoms with Crippen LogP contribution in [0, 0.1) is 5.92 Å². The van der Waals surface area contributed by atoms with Crippen molar-refractivity contribution >= 4 is 46.7 Å². The molecular formula is C24H15Cl2NO4. The SMILES string of the molecule is O=C1C[C@@H]([C@@]2(c3ccccc3)C(=O)Oc3ccc(Cl)cc32)C(=O)N1c1cccc(Cl)c1. The number of amides is 2. The first-order valence-electron chi connectivity index (χ1n) is 9.63. The molecule has 2 amide bonds. The standard InChI is InChI=1S/C24H15Cl2NO4/c25-15-7-4-8-17(11-15)27-21(28)13-19(22(27)29)24(14-5-2-1-3-6-14)18-12-16(26)9-10-20(18)31-23(24)30/h1-12,19H,13H2/t19-,24+/m1/s1. The monoisotopic (exact) mass is 451 g/mol. The summed E-state index contributed by atoms with van der Waals surface area (Å²) >= 11 is 12.3. The third kappa shape index (κ3) is 2.88. The van der Waals surface area contributed by atoms with Gasteiger partial charge in [0.15, 0.2) is 0 Å². The lowest BCUT2D eigenvalue weighted by atomic mass is 9.66. The van der Waals surface area contributed by atoms with Gasteiger partial charge in [0, 0.05) is 22.0 Å². The van der Waals surface area contributed by atoms with Crippen molar-refractivity contribution in [3.8, 4) is 5.75 Å². The highest BCUT2D eigenvalue weighted by Gasteiger charge is 2.62. The lowest BCUT2D eigenvalue weighted by Crippen LogP contribution is -2.46. The van der Waals surface area contributed by atoms with Gasteiger partial charge >= 0.3 is 5.97 Å². The molecule has 0 radical (unpaired) electrons. The Kier molecular flexibility index (Phi) is 4.61. The molecule has 1 fully saturated rings. The van der Waals surface area contributed by atoms with Crippen LogP contribution in [0.15, 0.2) is 72.8 Å². The average molecular weight is 452 g/mol. The van der Waals surface area contributed by atoms with Crippen LogP contribution >= 0.6 is 23.2 Å². The van der Waals surface area contributed by atoms with E-state index in [1.807, 2.05) is 6.07 Å². The molecule has 0 spiro atoms.